The van der Waals surface area contributed by atoms with Gasteiger partial charge in [0.1, 0.15) is 11.6 Å². The first kappa shape index (κ1) is 9.70. The summed E-state index contributed by atoms with van der Waals surface area (Å²) in [5.41, 5.74) is -0.168. The molecule has 0 aromatic rings. The predicted molar refractivity (Wildman–Crippen MR) is 40.8 cm³/mol. The third kappa shape index (κ3) is 4.15. The normalized spacial score (nSPS) is 11.3. The van der Waals surface area contributed by atoms with Crippen molar-refractivity contribution >= 4 is 5.97 Å². The molecule has 0 aromatic heterocycles. The van der Waals surface area contributed by atoms with Crippen LogP contribution in [0, 0.1) is 17.2 Å². The Hall–Kier alpha value is -1.30. The zero-order valence-corrected chi connectivity index (χ0v) is 6.66. The monoisotopic (exact) mass is 153 g/mol. The summed E-state index contributed by atoms with van der Waals surface area (Å²) >= 11 is 0. The summed E-state index contributed by atoms with van der Waals surface area (Å²) in [7, 11) is 0. The van der Waals surface area contributed by atoms with Crippen LogP contribution in [-0.4, -0.2) is 11.1 Å². The predicted octanol–water partition coefficient (Wildman–Crippen LogP) is 1.57. The highest BCUT2D eigenvalue weighted by atomic mass is 16.4. The number of allylic oxidation sites excluding steroid dienone is 1. The molecular formula is C8H11NO2. The van der Waals surface area contributed by atoms with Gasteiger partial charge in [-0.3, -0.25) is 0 Å². The van der Waals surface area contributed by atoms with Crippen LogP contribution in [0.25, 0.3) is 0 Å². The Morgan fingerprint density at radius 2 is 2.27 bits per heavy atom. The van der Waals surface area contributed by atoms with Crippen molar-refractivity contribution in [2.45, 2.75) is 20.3 Å². The number of hydrogen-bond acceptors (Lipinski definition) is 2. The molecule has 60 valence electrons. The number of aliphatic carboxylic acids is 1. The van der Waals surface area contributed by atoms with Crippen molar-refractivity contribution in [2.75, 3.05) is 0 Å². The molecule has 3 nitrogen and oxygen atoms in total. The van der Waals surface area contributed by atoms with E-state index in [0.29, 0.717) is 12.3 Å². The average molecular weight is 153 g/mol. The summed E-state index contributed by atoms with van der Waals surface area (Å²) in [6.07, 6.45) is 2.09. The molecule has 0 unspecified atom stereocenters. The molecule has 0 aromatic carbocycles. The molecule has 0 aliphatic heterocycles. The maximum atomic E-state index is 10.3. The van der Waals surface area contributed by atoms with Crippen LogP contribution in [-0.2, 0) is 4.79 Å². The van der Waals surface area contributed by atoms with Gasteiger partial charge in [-0.1, -0.05) is 19.9 Å². The Labute approximate surface area is 66.0 Å². The Morgan fingerprint density at radius 1 is 1.73 bits per heavy atom. The standard InChI is InChI=1S/C8H11NO2/c1-6(2)3-4-7(5-9)8(10)11/h4,6H,3H2,1-2H3,(H,10,11). The van der Waals surface area contributed by atoms with E-state index in [1.54, 1.807) is 6.07 Å². The van der Waals surface area contributed by atoms with E-state index in [1.807, 2.05) is 13.8 Å². The third-order valence-corrected chi connectivity index (χ3v) is 1.14. The molecule has 0 fully saturated rings. The molecule has 0 amide bonds. The summed E-state index contributed by atoms with van der Waals surface area (Å²) in [5.74, 6) is -0.758. The number of nitrogens with zero attached hydrogens (tertiary/aromatic N) is 1. The Morgan fingerprint density at radius 3 is 2.55 bits per heavy atom. The van der Waals surface area contributed by atoms with Crippen molar-refractivity contribution in [3.05, 3.63) is 11.6 Å². The van der Waals surface area contributed by atoms with Crippen molar-refractivity contribution in [3.8, 4) is 6.07 Å². The lowest BCUT2D eigenvalue weighted by Crippen LogP contribution is -1.98. The van der Waals surface area contributed by atoms with Gasteiger partial charge in [0.25, 0.3) is 0 Å². The van der Waals surface area contributed by atoms with Gasteiger partial charge in [-0.2, -0.15) is 5.26 Å². The maximum absolute atomic E-state index is 10.3. The van der Waals surface area contributed by atoms with Crippen LogP contribution in [0.3, 0.4) is 0 Å². The summed E-state index contributed by atoms with van der Waals surface area (Å²) in [6.45, 7) is 3.93. The van der Waals surface area contributed by atoms with Crippen LogP contribution in [0.1, 0.15) is 20.3 Å². The number of carboxylic acid groups (broad SMARTS) is 1. The van der Waals surface area contributed by atoms with Crippen LogP contribution in [0.2, 0.25) is 0 Å². The molecule has 0 heterocycles. The smallest absolute Gasteiger partial charge is 0.346 e. The van der Waals surface area contributed by atoms with Gasteiger partial charge < -0.3 is 5.11 Å². The van der Waals surface area contributed by atoms with Gasteiger partial charge in [0.15, 0.2) is 0 Å². The van der Waals surface area contributed by atoms with E-state index in [4.69, 9.17) is 10.4 Å². The minimum Gasteiger partial charge on any atom is -0.477 e. The lowest BCUT2D eigenvalue weighted by molar-refractivity contribution is -0.132. The molecule has 1 N–H and O–H groups in total. The topological polar surface area (TPSA) is 61.1 Å². The molecule has 0 aliphatic carbocycles. The fraction of sp³-hybridized carbons (Fsp3) is 0.500. The SMILES string of the molecule is CC(C)CC=C(C#N)C(=O)O. The summed E-state index contributed by atoms with van der Waals surface area (Å²) in [6, 6.07) is 1.62. The van der Waals surface area contributed by atoms with Gasteiger partial charge in [0.05, 0.1) is 0 Å². The number of carboxylic acids is 1. The second-order valence-electron chi connectivity index (χ2n) is 2.66. The fourth-order valence-corrected chi connectivity index (χ4v) is 0.534. The zero-order valence-electron chi connectivity index (χ0n) is 6.66. The Kier molecular flexibility index (Phi) is 3.97. The molecular weight excluding hydrogens is 142 g/mol. The first-order chi connectivity index (χ1) is 5.07. The van der Waals surface area contributed by atoms with Crippen molar-refractivity contribution in [2.24, 2.45) is 5.92 Å². The van der Waals surface area contributed by atoms with E-state index >= 15 is 0 Å². The summed E-state index contributed by atoms with van der Waals surface area (Å²) < 4.78 is 0. The second-order valence-corrected chi connectivity index (χ2v) is 2.66. The van der Waals surface area contributed by atoms with Crippen LogP contribution < -0.4 is 0 Å². The molecule has 0 atom stereocenters. The van der Waals surface area contributed by atoms with Crippen molar-refractivity contribution in [1.29, 1.82) is 5.26 Å². The quantitative estimate of drug-likeness (QED) is 0.494. The lowest BCUT2D eigenvalue weighted by Gasteiger charge is -1.96. The van der Waals surface area contributed by atoms with Gasteiger partial charge >= 0.3 is 5.97 Å². The molecule has 0 radical (unpaired) electrons. The average Bonchev–Trinajstić information content (AvgIpc) is 1.87. The highest BCUT2D eigenvalue weighted by Gasteiger charge is 2.04. The van der Waals surface area contributed by atoms with Crippen LogP contribution in [0.5, 0.6) is 0 Å². The van der Waals surface area contributed by atoms with E-state index in [1.165, 1.54) is 6.08 Å². The van der Waals surface area contributed by atoms with Crippen molar-refractivity contribution < 1.29 is 9.90 Å². The Balaban J connectivity index is 4.17. The van der Waals surface area contributed by atoms with Crippen LogP contribution >= 0.6 is 0 Å². The lowest BCUT2D eigenvalue weighted by atomic mass is 10.1. The first-order valence-corrected chi connectivity index (χ1v) is 3.41. The van der Waals surface area contributed by atoms with Gasteiger partial charge in [0, 0.05) is 0 Å². The first-order valence-electron chi connectivity index (χ1n) is 3.41. The van der Waals surface area contributed by atoms with Crippen molar-refractivity contribution in [3.63, 3.8) is 0 Å². The third-order valence-electron chi connectivity index (χ3n) is 1.14. The highest BCUT2D eigenvalue weighted by Crippen LogP contribution is 2.03. The molecule has 0 saturated heterocycles. The van der Waals surface area contributed by atoms with E-state index in [2.05, 4.69) is 0 Å². The fourth-order valence-electron chi connectivity index (χ4n) is 0.534. The molecule has 0 bridgehead atoms. The van der Waals surface area contributed by atoms with E-state index in [0.717, 1.165) is 0 Å². The number of hydrogen-bond donors (Lipinski definition) is 1. The molecule has 3 heteroatoms. The number of nitriles is 1. The van der Waals surface area contributed by atoms with E-state index in [9.17, 15) is 4.79 Å². The van der Waals surface area contributed by atoms with E-state index in [-0.39, 0.29) is 5.57 Å². The maximum Gasteiger partial charge on any atom is 0.346 e. The van der Waals surface area contributed by atoms with Crippen molar-refractivity contribution in [1.82, 2.24) is 0 Å². The molecule has 0 spiro atoms. The Bertz CT molecular complexity index is 211. The van der Waals surface area contributed by atoms with Gasteiger partial charge in [-0.15, -0.1) is 0 Å². The largest absolute Gasteiger partial charge is 0.477 e. The molecule has 0 aliphatic rings. The summed E-state index contributed by atoms with van der Waals surface area (Å²) in [5, 5.41) is 16.7. The van der Waals surface area contributed by atoms with Gasteiger partial charge in [0.2, 0.25) is 0 Å². The van der Waals surface area contributed by atoms with E-state index < -0.39 is 5.97 Å². The second kappa shape index (κ2) is 4.51. The van der Waals surface area contributed by atoms with Gasteiger partial charge in [-0.25, -0.2) is 4.79 Å². The number of carbonyl (C=O) groups is 1. The summed E-state index contributed by atoms with van der Waals surface area (Å²) in [4.78, 5) is 10.3. The van der Waals surface area contributed by atoms with Gasteiger partial charge in [-0.05, 0) is 12.3 Å². The van der Waals surface area contributed by atoms with Crippen LogP contribution in [0.15, 0.2) is 11.6 Å². The number of rotatable bonds is 3. The van der Waals surface area contributed by atoms with Crippen LogP contribution in [0.4, 0.5) is 0 Å². The minimum atomic E-state index is -1.15. The molecule has 11 heavy (non-hydrogen) atoms. The zero-order chi connectivity index (χ0) is 8.85. The molecule has 0 saturated carbocycles. The highest BCUT2D eigenvalue weighted by molar-refractivity contribution is 5.90. The minimum absolute atomic E-state index is 0.168. The molecule has 0 rings (SSSR count).